The Hall–Kier alpha value is -3.30. The molecular weight excluding hydrogens is 416 g/mol. The van der Waals surface area contributed by atoms with E-state index in [2.05, 4.69) is 0 Å². The highest BCUT2D eigenvalue weighted by Gasteiger charge is 2.42. The third-order valence-electron chi connectivity index (χ3n) is 4.07. The summed E-state index contributed by atoms with van der Waals surface area (Å²) >= 11 is 0. The summed E-state index contributed by atoms with van der Waals surface area (Å²) in [6, 6.07) is 4.02. The van der Waals surface area contributed by atoms with Crippen molar-refractivity contribution in [3.05, 3.63) is 76.4 Å². The van der Waals surface area contributed by atoms with Gasteiger partial charge in [0.1, 0.15) is 0 Å². The number of aromatic carboxylic acids is 1. The Balaban J connectivity index is 2.24. The maximum atomic E-state index is 13.4. The Morgan fingerprint density at radius 2 is 1.70 bits per heavy atom. The van der Waals surface area contributed by atoms with Crippen molar-refractivity contribution in [3.63, 3.8) is 0 Å². The standard InChI is InChI=1S/C20H15F6NO3/c1-11-9-12(5-7-15(11)18(29)30)6-8-16(28)27-17(20(24,25)26)13-3-2-4-14(10-13)19(21,22)23/h2-10,17H,1H3,(H,27,28)(H,29,30)/b8-6+. The number of nitrogens with one attached hydrogen (secondary N) is 1. The van der Waals surface area contributed by atoms with Crippen LogP contribution in [-0.4, -0.2) is 23.2 Å². The molecule has 0 bridgehead atoms. The highest BCUT2D eigenvalue weighted by molar-refractivity contribution is 5.93. The predicted octanol–water partition coefficient (Wildman–Crippen LogP) is 5.15. The monoisotopic (exact) mass is 431 g/mol. The molecule has 1 atom stereocenters. The van der Waals surface area contributed by atoms with E-state index in [1.807, 2.05) is 0 Å². The minimum Gasteiger partial charge on any atom is -0.478 e. The molecule has 30 heavy (non-hydrogen) atoms. The maximum Gasteiger partial charge on any atom is 0.416 e. The molecule has 1 unspecified atom stereocenters. The minimum atomic E-state index is -5.03. The van der Waals surface area contributed by atoms with Crippen molar-refractivity contribution in [1.29, 1.82) is 0 Å². The van der Waals surface area contributed by atoms with E-state index in [4.69, 9.17) is 5.11 Å². The van der Waals surface area contributed by atoms with E-state index in [-0.39, 0.29) is 5.56 Å². The minimum absolute atomic E-state index is 0.0262. The molecule has 0 aliphatic carbocycles. The number of hydrogen-bond acceptors (Lipinski definition) is 2. The first-order chi connectivity index (χ1) is 13.8. The molecule has 0 fully saturated rings. The fourth-order valence-corrected chi connectivity index (χ4v) is 2.64. The molecule has 0 aliphatic rings. The van der Waals surface area contributed by atoms with E-state index >= 15 is 0 Å². The van der Waals surface area contributed by atoms with E-state index in [0.717, 1.165) is 24.3 Å². The van der Waals surface area contributed by atoms with E-state index in [1.54, 1.807) is 5.32 Å². The smallest absolute Gasteiger partial charge is 0.416 e. The van der Waals surface area contributed by atoms with Crippen LogP contribution in [0, 0.1) is 6.92 Å². The zero-order valence-electron chi connectivity index (χ0n) is 15.3. The van der Waals surface area contributed by atoms with Gasteiger partial charge in [-0.1, -0.05) is 24.3 Å². The molecule has 0 spiro atoms. The number of hydrogen-bond donors (Lipinski definition) is 2. The summed E-state index contributed by atoms with van der Waals surface area (Å²) in [6.45, 7) is 1.51. The van der Waals surface area contributed by atoms with Gasteiger partial charge >= 0.3 is 18.3 Å². The number of carbonyl (C=O) groups excluding carboxylic acids is 1. The lowest BCUT2D eigenvalue weighted by Crippen LogP contribution is -2.37. The Labute approximate surface area is 166 Å². The second-order valence-corrected chi connectivity index (χ2v) is 6.32. The summed E-state index contributed by atoms with van der Waals surface area (Å²) < 4.78 is 78.4. The molecule has 0 aromatic heterocycles. The van der Waals surface area contributed by atoms with Gasteiger partial charge in [0, 0.05) is 6.08 Å². The summed E-state index contributed by atoms with van der Waals surface area (Å²) in [7, 11) is 0. The molecule has 2 N–H and O–H groups in total. The van der Waals surface area contributed by atoms with Crippen molar-refractivity contribution in [2.75, 3.05) is 0 Å². The van der Waals surface area contributed by atoms with Crippen LogP contribution >= 0.6 is 0 Å². The number of aryl methyl sites for hydroxylation is 1. The van der Waals surface area contributed by atoms with Crippen LogP contribution in [0.1, 0.15) is 38.7 Å². The van der Waals surface area contributed by atoms with Crippen molar-refractivity contribution in [1.82, 2.24) is 5.32 Å². The summed E-state index contributed by atoms with van der Waals surface area (Å²) in [5.41, 5.74) is -1.27. The number of halogens is 6. The van der Waals surface area contributed by atoms with Crippen LogP contribution in [0.25, 0.3) is 6.08 Å². The predicted molar refractivity (Wildman–Crippen MR) is 95.6 cm³/mol. The second kappa shape index (κ2) is 8.60. The molecule has 4 nitrogen and oxygen atoms in total. The van der Waals surface area contributed by atoms with Crippen LogP contribution in [0.2, 0.25) is 0 Å². The number of alkyl halides is 6. The summed E-state index contributed by atoms with van der Waals surface area (Å²) in [6.07, 6.45) is -7.93. The maximum absolute atomic E-state index is 13.4. The Morgan fingerprint density at radius 3 is 2.23 bits per heavy atom. The fourth-order valence-electron chi connectivity index (χ4n) is 2.64. The molecule has 160 valence electrons. The van der Waals surface area contributed by atoms with Crippen LogP contribution in [0.5, 0.6) is 0 Å². The van der Waals surface area contributed by atoms with E-state index in [0.29, 0.717) is 23.3 Å². The first-order valence-electron chi connectivity index (χ1n) is 8.35. The second-order valence-electron chi connectivity index (χ2n) is 6.32. The number of amides is 1. The largest absolute Gasteiger partial charge is 0.478 e. The number of carbonyl (C=O) groups is 2. The Morgan fingerprint density at radius 1 is 1.03 bits per heavy atom. The molecule has 10 heteroatoms. The Kier molecular flexibility index (Phi) is 6.59. The molecule has 0 radical (unpaired) electrons. The zero-order chi connectivity index (χ0) is 22.7. The quantitative estimate of drug-likeness (QED) is 0.509. The SMILES string of the molecule is Cc1cc(/C=C/C(=O)NC(c2cccc(C(F)(F)F)c2)C(F)(F)F)ccc1C(=O)O. The van der Waals surface area contributed by atoms with Gasteiger partial charge in [-0.15, -0.1) is 0 Å². The van der Waals surface area contributed by atoms with Crippen molar-refractivity contribution >= 4 is 18.0 Å². The van der Waals surface area contributed by atoms with E-state index in [9.17, 15) is 35.9 Å². The summed E-state index contributed by atoms with van der Waals surface area (Å²) in [4.78, 5) is 23.0. The molecule has 1 amide bonds. The van der Waals surface area contributed by atoms with Gasteiger partial charge in [-0.3, -0.25) is 4.79 Å². The lowest BCUT2D eigenvalue weighted by atomic mass is 10.0. The van der Waals surface area contributed by atoms with Gasteiger partial charge in [0.15, 0.2) is 6.04 Å². The van der Waals surface area contributed by atoms with Crippen molar-refractivity contribution in [2.24, 2.45) is 0 Å². The molecular formula is C20H15F6NO3. The van der Waals surface area contributed by atoms with Crippen LogP contribution in [0.15, 0.2) is 48.5 Å². The summed E-state index contributed by atoms with van der Waals surface area (Å²) in [5, 5.41) is 10.6. The molecule has 0 heterocycles. The van der Waals surface area contributed by atoms with E-state index in [1.165, 1.54) is 25.1 Å². The molecule has 2 aromatic carbocycles. The highest BCUT2D eigenvalue weighted by atomic mass is 19.4. The number of carboxylic acid groups (broad SMARTS) is 1. The first-order valence-corrected chi connectivity index (χ1v) is 8.35. The van der Waals surface area contributed by atoms with Gasteiger partial charge in [0.2, 0.25) is 5.91 Å². The zero-order valence-corrected chi connectivity index (χ0v) is 15.3. The topological polar surface area (TPSA) is 66.4 Å². The Bertz CT molecular complexity index is 979. The summed E-state index contributed by atoms with van der Waals surface area (Å²) in [5.74, 6) is -2.34. The molecule has 0 saturated heterocycles. The average Bonchev–Trinajstić information content (AvgIpc) is 2.62. The van der Waals surface area contributed by atoms with Crippen LogP contribution in [-0.2, 0) is 11.0 Å². The number of rotatable bonds is 5. The highest BCUT2D eigenvalue weighted by Crippen LogP contribution is 2.36. The van der Waals surface area contributed by atoms with Crippen molar-refractivity contribution < 1.29 is 41.0 Å². The van der Waals surface area contributed by atoms with Gasteiger partial charge < -0.3 is 10.4 Å². The van der Waals surface area contributed by atoms with Gasteiger partial charge in [-0.05, 0) is 47.9 Å². The third kappa shape index (κ3) is 5.85. The number of carboxylic acids is 1. The molecule has 0 saturated carbocycles. The van der Waals surface area contributed by atoms with Crippen molar-refractivity contribution in [2.45, 2.75) is 25.3 Å². The fraction of sp³-hybridized carbons (Fsp3) is 0.200. The van der Waals surface area contributed by atoms with Crippen LogP contribution in [0.3, 0.4) is 0 Å². The van der Waals surface area contributed by atoms with Gasteiger partial charge in [-0.25, -0.2) is 4.79 Å². The lowest BCUT2D eigenvalue weighted by molar-refractivity contribution is -0.162. The van der Waals surface area contributed by atoms with Crippen LogP contribution < -0.4 is 5.32 Å². The lowest BCUT2D eigenvalue weighted by Gasteiger charge is -2.22. The first kappa shape index (κ1) is 23.0. The van der Waals surface area contributed by atoms with Crippen LogP contribution in [0.4, 0.5) is 26.3 Å². The van der Waals surface area contributed by atoms with Gasteiger partial charge in [-0.2, -0.15) is 26.3 Å². The van der Waals surface area contributed by atoms with E-state index < -0.39 is 41.4 Å². The normalized spacial score (nSPS) is 13.3. The number of benzene rings is 2. The van der Waals surface area contributed by atoms with Gasteiger partial charge in [0.05, 0.1) is 11.1 Å². The third-order valence-corrected chi connectivity index (χ3v) is 4.07. The van der Waals surface area contributed by atoms with Crippen molar-refractivity contribution in [3.8, 4) is 0 Å². The molecule has 2 rings (SSSR count). The van der Waals surface area contributed by atoms with Gasteiger partial charge in [0.25, 0.3) is 0 Å². The molecule has 0 aliphatic heterocycles. The molecule has 2 aromatic rings. The average molecular weight is 431 g/mol.